The van der Waals surface area contributed by atoms with E-state index in [2.05, 4.69) is 47.1 Å². The maximum absolute atomic E-state index is 5.88. The predicted octanol–water partition coefficient (Wildman–Crippen LogP) is 2.94. The van der Waals surface area contributed by atoms with E-state index >= 15 is 0 Å². The molecule has 0 spiro atoms. The number of nitrogens with zero attached hydrogens (tertiary/aromatic N) is 2. The van der Waals surface area contributed by atoms with Crippen molar-refractivity contribution in [3.63, 3.8) is 0 Å². The van der Waals surface area contributed by atoms with Gasteiger partial charge < -0.3 is 10.1 Å². The lowest BCUT2D eigenvalue weighted by Gasteiger charge is -2.18. The summed E-state index contributed by atoms with van der Waals surface area (Å²) in [7, 11) is 0. The number of nitrogens with one attached hydrogen (secondary N) is 1. The summed E-state index contributed by atoms with van der Waals surface area (Å²) in [4.78, 5) is 0. The van der Waals surface area contributed by atoms with Crippen LogP contribution in [0.25, 0.3) is 0 Å². The number of aromatic nitrogens is 2. The van der Waals surface area contributed by atoms with Crippen LogP contribution in [-0.4, -0.2) is 16.9 Å². The van der Waals surface area contributed by atoms with Gasteiger partial charge in [0.05, 0.1) is 0 Å². The Balaban J connectivity index is 2.16. The van der Waals surface area contributed by atoms with Crippen molar-refractivity contribution in [1.82, 2.24) is 15.6 Å². The highest BCUT2D eigenvalue weighted by molar-refractivity contribution is 5.39. The van der Waals surface area contributed by atoms with Crippen molar-refractivity contribution in [2.45, 2.75) is 40.3 Å². The van der Waals surface area contributed by atoms with Crippen LogP contribution in [0.4, 0.5) is 0 Å². The van der Waals surface area contributed by atoms with Crippen molar-refractivity contribution in [3.8, 4) is 5.75 Å². The maximum Gasteiger partial charge on any atom is 0.145 e. The molecular formula is C15H21N3O2. The zero-order valence-corrected chi connectivity index (χ0v) is 12.4. The lowest BCUT2D eigenvalue weighted by Crippen LogP contribution is -2.18. The largest absolute Gasteiger partial charge is 0.487 e. The van der Waals surface area contributed by atoms with Gasteiger partial charge in [-0.15, -0.1) is 0 Å². The summed E-state index contributed by atoms with van der Waals surface area (Å²) in [5.74, 6) is 0.867. The predicted molar refractivity (Wildman–Crippen MR) is 76.6 cm³/mol. The number of ether oxygens (including phenoxy) is 1. The van der Waals surface area contributed by atoms with Crippen molar-refractivity contribution >= 4 is 0 Å². The molecular weight excluding hydrogens is 254 g/mol. The van der Waals surface area contributed by atoms with Crippen molar-refractivity contribution in [3.05, 3.63) is 40.7 Å². The molecule has 20 heavy (non-hydrogen) atoms. The molecule has 1 heterocycles. The van der Waals surface area contributed by atoms with Gasteiger partial charge in [-0.2, -0.15) is 0 Å². The van der Waals surface area contributed by atoms with Gasteiger partial charge >= 0.3 is 0 Å². The molecule has 1 N–H and O–H groups in total. The fourth-order valence-corrected chi connectivity index (χ4v) is 2.08. The zero-order chi connectivity index (χ0) is 14.5. The molecule has 0 aliphatic heterocycles. The topological polar surface area (TPSA) is 60.2 Å². The molecule has 0 aliphatic carbocycles. The average molecular weight is 275 g/mol. The summed E-state index contributed by atoms with van der Waals surface area (Å²) in [6, 6.07) is 6.44. The van der Waals surface area contributed by atoms with E-state index in [1.165, 1.54) is 5.56 Å². The van der Waals surface area contributed by atoms with Gasteiger partial charge in [-0.1, -0.05) is 34.9 Å². The van der Waals surface area contributed by atoms with Gasteiger partial charge in [-0.05, 0) is 33.4 Å². The first-order valence-corrected chi connectivity index (χ1v) is 6.86. The molecule has 1 aromatic heterocycles. The summed E-state index contributed by atoms with van der Waals surface area (Å²) >= 11 is 0. The van der Waals surface area contributed by atoms with Crippen LogP contribution in [0.1, 0.15) is 42.4 Å². The smallest absolute Gasteiger partial charge is 0.145 e. The molecule has 2 aromatic rings. The standard InChI is InChI=1S/C15H21N3O2/c1-5-16-11(3)13-8-10(2)6-7-15(13)19-9-14-12(4)17-20-18-14/h6-8,11,16H,5,9H2,1-4H3. The molecule has 0 bridgehead atoms. The van der Waals surface area contributed by atoms with Crippen LogP contribution in [0.5, 0.6) is 5.75 Å². The average Bonchev–Trinajstić information content (AvgIpc) is 2.83. The third kappa shape index (κ3) is 3.36. The molecule has 1 aromatic carbocycles. The molecule has 108 valence electrons. The summed E-state index contributed by atoms with van der Waals surface area (Å²) < 4.78 is 10.6. The lowest BCUT2D eigenvalue weighted by atomic mass is 10.0. The lowest BCUT2D eigenvalue weighted by molar-refractivity contribution is 0.267. The fraction of sp³-hybridized carbons (Fsp3) is 0.467. The summed E-state index contributed by atoms with van der Waals surface area (Å²) in [5, 5.41) is 11.0. The minimum atomic E-state index is 0.242. The molecule has 0 aliphatic rings. The Labute approximate surface area is 119 Å². The van der Waals surface area contributed by atoms with E-state index in [9.17, 15) is 0 Å². The van der Waals surface area contributed by atoms with Gasteiger partial charge in [0.25, 0.3) is 0 Å². The first-order valence-electron chi connectivity index (χ1n) is 6.86. The van der Waals surface area contributed by atoms with Crippen LogP contribution in [0.15, 0.2) is 22.8 Å². The third-order valence-electron chi connectivity index (χ3n) is 3.25. The molecule has 2 rings (SSSR count). The maximum atomic E-state index is 5.88. The molecule has 1 atom stereocenters. The highest BCUT2D eigenvalue weighted by Gasteiger charge is 2.13. The number of rotatable bonds is 6. The number of hydrogen-bond donors (Lipinski definition) is 1. The highest BCUT2D eigenvalue weighted by atomic mass is 16.6. The summed E-state index contributed by atoms with van der Waals surface area (Å²) in [5.41, 5.74) is 3.86. The monoisotopic (exact) mass is 275 g/mol. The minimum Gasteiger partial charge on any atom is -0.487 e. The van der Waals surface area contributed by atoms with Gasteiger partial charge in [-0.25, -0.2) is 4.63 Å². The Morgan fingerprint density at radius 1 is 1.30 bits per heavy atom. The Morgan fingerprint density at radius 3 is 2.75 bits per heavy atom. The molecule has 5 nitrogen and oxygen atoms in total. The summed E-state index contributed by atoms with van der Waals surface area (Å²) in [6.45, 7) is 9.44. The van der Waals surface area contributed by atoms with E-state index in [1.807, 2.05) is 19.1 Å². The second-order valence-electron chi connectivity index (χ2n) is 4.91. The van der Waals surface area contributed by atoms with Crippen molar-refractivity contribution in [2.75, 3.05) is 6.54 Å². The first-order chi connectivity index (χ1) is 9.61. The SMILES string of the molecule is CCNC(C)c1cc(C)ccc1OCc1nonc1C. The Bertz CT molecular complexity index is 566. The van der Waals surface area contributed by atoms with Crippen LogP contribution in [-0.2, 0) is 6.61 Å². The second kappa shape index (κ2) is 6.52. The number of aryl methyl sites for hydroxylation is 2. The summed E-state index contributed by atoms with van der Waals surface area (Å²) in [6.07, 6.45) is 0. The van der Waals surface area contributed by atoms with Gasteiger partial charge in [0.1, 0.15) is 23.7 Å². The highest BCUT2D eigenvalue weighted by Crippen LogP contribution is 2.27. The van der Waals surface area contributed by atoms with Gasteiger partial charge in [0, 0.05) is 11.6 Å². The second-order valence-corrected chi connectivity index (χ2v) is 4.91. The van der Waals surface area contributed by atoms with Crippen LogP contribution in [0.3, 0.4) is 0 Å². The van der Waals surface area contributed by atoms with E-state index in [0.29, 0.717) is 6.61 Å². The number of benzene rings is 1. The van der Waals surface area contributed by atoms with E-state index in [4.69, 9.17) is 4.74 Å². The molecule has 0 radical (unpaired) electrons. The Morgan fingerprint density at radius 2 is 2.10 bits per heavy atom. The van der Waals surface area contributed by atoms with Gasteiger partial charge in [0.2, 0.25) is 0 Å². The van der Waals surface area contributed by atoms with Crippen LogP contribution in [0.2, 0.25) is 0 Å². The van der Waals surface area contributed by atoms with E-state index in [1.54, 1.807) is 0 Å². The Hall–Kier alpha value is -1.88. The van der Waals surface area contributed by atoms with Gasteiger partial charge in [-0.3, -0.25) is 0 Å². The van der Waals surface area contributed by atoms with Crippen molar-refractivity contribution < 1.29 is 9.37 Å². The van der Waals surface area contributed by atoms with Crippen molar-refractivity contribution in [2.24, 2.45) is 0 Å². The minimum absolute atomic E-state index is 0.242. The Kier molecular flexibility index (Phi) is 4.74. The van der Waals surface area contributed by atoms with Crippen LogP contribution >= 0.6 is 0 Å². The zero-order valence-electron chi connectivity index (χ0n) is 12.4. The fourth-order valence-electron chi connectivity index (χ4n) is 2.08. The molecule has 0 saturated carbocycles. The van der Waals surface area contributed by atoms with Crippen molar-refractivity contribution in [1.29, 1.82) is 0 Å². The van der Waals surface area contributed by atoms with E-state index < -0.39 is 0 Å². The normalized spacial score (nSPS) is 12.4. The first kappa shape index (κ1) is 14.5. The molecule has 5 heteroatoms. The molecule has 0 amide bonds. The van der Waals surface area contributed by atoms with E-state index in [0.717, 1.165) is 29.2 Å². The molecule has 1 unspecified atom stereocenters. The molecule has 0 fully saturated rings. The van der Waals surface area contributed by atoms with E-state index in [-0.39, 0.29) is 6.04 Å². The quantitative estimate of drug-likeness (QED) is 0.878. The number of hydrogen-bond acceptors (Lipinski definition) is 5. The van der Waals surface area contributed by atoms with Crippen LogP contribution < -0.4 is 10.1 Å². The van der Waals surface area contributed by atoms with Gasteiger partial charge in [0.15, 0.2) is 0 Å². The van der Waals surface area contributed by atoms with Crippen LogP contribution in [0, 0.1) is 13.8 Å². The third-order valence-corrected chi connectivity index (χ3v) is 3.25. The molecule has 0 saturated heterocycles.